The van der Waals surface area contributed by atoms with Crippen LogP contribution < -0.4 is 10.1 Å². The van der Waals surface area contributed by atoms with Crippen molar-refractivity contribution in [3.05, 3.63) is 60.0 Å². The van der Waals surface area contributed by atoms with Gasteiger partial charge in [-0.25, -0.2) is 4.98 Å². The quantitative estimate of drug-likeness (QED) is 0.463. The Hall–Kier alpha value is -3.52. The lowest BCUT2D eigenvalue weighted by molar-refractivity contribution is -0.144. The maximum absolute atomic E-state index is 11.2. The van der Waals surface area contributed by atoms with Crippen LogP contribution in [0.5, 0.6) is 5.88 Å². The Kier molecular flexibility index (Phi) is 6.79. The maximum atomic E-state index is 11.2. The van der Waals surface area contributed by atoms with Gasteiger partial charge in [-0.05, 0) is 74.8 Å². The van der Waals surface area contributed by atoms with Crippen LogP contribution in [-0.2, 0) is 10.4 Å². The Morgan fingerprint density at radius 1 is 1.09 bits per heavy atom. The van der Waals surface area contributed by atoms with Gasteiger partial charge in [0, 0.05) is 29.7 Å². The lowest BCUT2D eigenvalue weighted by Gasteiger charge is -2.36. The van der Waals surface area contributed by atoms with E-state index in [-0.39, 0.29) is 11.8 Å². The Bertz CT molecular complexity index is 1160. The number of aryl methyl sites for hydroxylation is 1. The van der Waals surface area contributed by atoms with Gasteiger partial charge in [-0.15, -0.1) is 0 Å². The number of carbonyl (C=O) groups is 1. The summed E-state index contributed by atoms with van der Waals surface area (Å²) in [6, 6.07) is 11.6. The number of anilines is 2. The van der Waals surface area contributed by atoms with Crippen LogP contribution in [0.2, 0.25) is 0 Å². The summed E-state index contributed by atoms with van der Waals surface area (Å²) < 4.78 is 5.16. The summed E-state index contributed by atoms with van der Waals surface area (Å²) in [4.78, 5) is 24.4. The first-order chi connectivity index (χ1) is 16.3. The number of aliphatic hydroxyl groups is 1. The van der Waals surface area contributed by atoms with Gasteiger partial charge in [0.25, 0.3) is 0 Å². The molecule has 0 aliphatic heterocycles. The molecule has 3 aromatic rings. The number of aliphatic carboxylic acids is 1. The van der Waals surface area contributed by atoms with Crippen LogP contribution in [0.25, 0.3) is 11.1 Å². The summed E-state index contributed by atoms with van der Waals surface area (Å²) >= 11 is 0. The number of rotatable bonds is 7. The lowest BCUT2D eigenvalue weighted by atomic mass is 9.73. The fourth-order valence-corrected chi connectivity index (χ4v) is 4.64. The Balaban J connectivity index is 1.51. The number of nitrogens with one attached hydrogen (secondary N) is 1. The highest BCUT2D eigenvalue weighted by atomic mass is 16.5. The molecular weight excluding hydrogens is 432 g/mol. The number of hydrogen-bond acceptors (Lipinski definition) is 7. The molecule has 1 atom stereocenters. The van der Waals surface area contributed by atoms with Crippen molar-refractivity contribution in [2.75, 3.05) is 12.4 Å². The Morgan fingerprint density at radius 2 is 1.85 bits per heavy atom. The van der Waals surface area contributed by atoms with Crippen molar-refractivity contribution in [2.45, 2.75) is 45.1 Å². The predicted octanol–water partition coefficient (Wildman–Crippen LogP) is 4.70. The van der Waals surface area contributed by atoms with E-state index in [2.05, 4.69) is 26.3 Å². The first-order valence-electron chi connectivity index (χ1n) is 11.4. The fourth-order valence-electron chi connectivity index (χ4n) is 4.64. The van der Waals surface area contributed by atoms with Gasteiger partial charge in [0.1, 0.15) is 5.60 Å². The normalized spacial score (nSPS) is 19.8. The summed E-state index contributed by atoms with van der Waals surface area (Å²) in [5, 5.41) is 23.7. The minimum atomic E-state index is -1.11. The highest BCUT2D eigenvalue weighted by molar-refractivity contribution is 5.71. The zero-order valence-electron chi connectivity index (χ0n) is 19.7. The molecular formula is C26H30N4O4. The molecule has 4 rings (SSSR count). The van der Waals surface area contributed by atoms with Crippen LogP contribution in [0.3, 0.4) is 0 Å². The third-order valence-electron chi connectivity index (χ3n) is 6.66. The van der Waals surface area contributed by atoms with Crippen LogP contribution >= 0.6 is 0 Å². The molecule has 1 saturated carbocycles. The second kappa shape index (κ2) is 9.77. The van der Waals surface area contributed by atoms with Gasteiger partial charge in [0.05, 0.1) is 18.7 Å². The molecule has 2 aromatic heterocycles. The molecule has 0 radical (unpaired) electrons. The monoisotopic (exact) mass is 462 g/mol. The molecule has 178 valence electrons. The van der Waals surface area contributed by atoms with E-state index in [1.807, 2.05) is 31.2 Å². The van der Waals surface area contributed by atoms with Crippen LogP contribution in [-0.4, -0.2) is 38.2 Å². The molecule has 0 saturated heterocycles. The van der Waals surface area contributed by atoms with Gasteiger partial charge in [0.15, 0.2) is 0 Å². The predicted molar refractivity (Wildman–Crippen MR) is 129 cm³/mol. The largest absolute Gasteiger partial charge is 0.481 e. The molecule has 1 fully saturated rings. The minimum absolute atomic E-state index is 0.0147. The highest BCUT2D eigenvalue weighted by Gasteiger charge is 2.38. The molecule has 34 heavy (non-hydrogen) atoms. The second-order valence-electron chi connectivity index (χ2n) is 9.10. The number of hydrogen-bond donors (Lipinski definition) is 3. The van der Waals surface area contributed by atoms with Crippen molar-refractivity contribution in [3.63, 3.8) is 0 Å². The summed E-state index contributed by atoms with van der Waals surface area (Å²) in [7, 11) is 1.56. The van der Waals surface area contributed by atoms with E-state index in [9.17, 15) is 15.0 Å². The standard InChI is InChI=1S/C26H30N4O4/c1-16-12-19(14-21(13-16)29-25-27-11-10-23(30-25)34-3)18-6-9-22(28-15-18)26(2,33)20-7-4-17(5-8-20)24(31)32/h6,9-15,17,20,33H,4-5,7-8H2,1-3H3,(H,31,32)(H,27,29,30)/t17-,20-,26?. The molecule has 1 unspecified atom stereocenters. The average molecular weight is 463 g/mol. The molecule has 8 heteroatoms. The zero-order valence-corrected chi connectivity index (χ0v) is 19.7. The Morgan fingerprint density at radius 3 is 2.50 bits per heavy atom. The summed E-state index contributed by atoms with van der Waals surface area (Å²) in [6.07, 6.45) is 5.93. The van der Waals surface area contributed by atoms with E-state index in [1.165, 1.54) is 0 Å². The topological polar surface area (TPSA) is 117 Å². The van der Waals surface area contributed by atoms with E-state index in [0.29, 0.717) is 43.2 Å². The molecule has 0 amide bonds. The van der Waals surface area contributed by atoms with Gasteiger partial charge >= 0.3 is 5.97 Å². The molecule has 0 bridgehead atoms. The molecule has 1 aliphatic rings. The highest BCUT2D eigenvalue weighted by Crippen LogP contribution is 2.40. The summed E-state index contributed by atoms with van der Waals surface area (Å²) in [5.74, 6) is -0.148. The van der Waals surface area contributed by atoms with Crippen LogP contribution in [0.15, 0.2) is 48.8 Å². The van der Waals surface area contributed by atoms with Crippen molar-refractivity contribution in [3.8, 4) is 17.0 Å². The van der Waals surface area contributed by atoms with Gasteiger partial charge in [-0.2, -0.15) is 4.98 Å². The average Bonchev–Trinajstić information content (AvgIpc) is 2.84. The van der Waals surface area contributed by atoms with E-state index in [4.69, 9.17) is 4.74 Å². The van der Waals surface area contributed by atoms with Gasteiger partial charge < -0.3 is 20.3 Å². The number of pyridine rings is 1. The van der Waals surface area contributed by atoms with Gasteiger partial charge in [0.2, 0.25) is 11.8 Å². The van der Waals surface area contributed by atoms with E-state index >= 15 is 0 Å². The van der Waals surface area contributed by atoms with E-state index in [0.717, 1.165) is 22.4 Å². The number of carboxylic acids is 1. The van der Waals surface area contributed by atoms with Crippen LogP contribution in [0.4, 0.5) is 11.6 Å². The lowest BCUT2D eigenvalue weighted by Crippen LogP contribution is -2.36. The fraction of sp³-hybridized carbons (Fsp3) is 0.385. The van der Waals surface area contributed by atoms with Gasteiger partial charge in [-0.3, -0.25) is 9.78 Å². The first kappa shape index (κ1) is 23.6. The number of carboxylic acid groups (broad SMARTS) is 1. The number of methoxy groups -OCH3 is 1. The van der Waals surface area contributed by atoms with Crippen LogP contribution in [0.1, 0.15) is 43.9 Å². The molecule has 0 spiro atoms. The van der Waals surface area contributed by atoms with Crippen LogP contribution in [0, 0.1) is 18.8 Å². The third kappa shape index (κ3) is 5.17. The number of nitrogens with zero attached hydrogens (tertiary/aromatic N) is 3. The second-order valence-corrected chi connectivity index (χ2v) is 9.10. The number of aromatic nitrogens is 3. The molecule has 1 aliphatic carbocycles. The van der Waals surface area contributed by atoms with Crippen molar-refractivity contribution >= 4 is 17.6 Å². The van der Waals surface area contributed by atoms with Crippen molar-refractivity contribution in [1.82, 2.24) is 15.0 Å². The van der Waals surface area contributed by atoms with Crippen molar-refractivity contribution < 1.29 is 19.7 Å². The molecule has 2 heterocycles. The molecule has 8 nitrogen and oxygen atoms in total. The maximum Gasteiger partial charge on any atom is 0.306 e. The third-order valence-corrected chi connectivity index (χ3v) is 6.66. The smallest absolute Gasteiger partial charge is 0.306 e. The zero-order chi connectivity index (χ0) is 24.3. The first-order valence-corrected chi connectivity index (χ1v) is 11.4. The summed E-state index contributed by atoms with van der Waals surface area (Å²) in [5.41, 5.74) is 3.30. The van der Waals surface area contributed by atoms with E-state index in [1.54, 1.807) is 32.5 Å². The van der Waals surface area contributed by atoms with Crippen molar-refractivity contribution in [1.29, 1.82) is 0 Å². The van der Waals surface area contributed by atoms with Crippen molar-refractivity contribution in [2.24, 2.45) is 11.8 Å². The molecule has 3 N–H and O–H groups in total. The van der Waals surface area contributed by atoms with E-state index < -0.39 is 11.6 Å². The number of benzene rings is 1. The SMILES string of the molecule is COc1ccnc(Nc2cc(C)cc(-c3ccc(C(C)(O)[C@H]4CC[C@H](C(=O)O)CC4)nc3)c2)n1. The van der Waals surface area contributed by atoms with Gasteiger partial charge in [-0.1, -0.05) is 12.1 Å². The number of ether oxygens (including phenoxy) is 1. The summed E-state index contributed by atoms with van der Waals surface area (Å²) in [6.45, 7) is 3.80. The Labute approximate surface area is 199 Å². The molecule has 1 aromatic carbocycles. The minimum Gasteiger partial charge on any atom is -0.481 e.